The van der Waals surface area contributed by atoms with E-state index in [2.05, 4.69) is 41.5 Å². The first-order valence-electron chi connectivity index (χ1n) is 40.5. The van der Waals surface area contributed by atoms with Crippen LogP contribution in [0.3, 0.4) is 0 Å². The quantitative estimate of drug-likeness (QED) is 0.0222. The number of unbranched alkanes of at least 4 members (excludes halogenated alkanes) is 47. The van der Waals surface area contributed by atoms with Gasteiger partial charge in [-0.15, -0.1) is 0 Å². The largest absolute Gasteiger partial charge is 0.472 e. The minimum atomic E-state index is -4.96. The summed E-state index contributed by atoms with van der Waals surface area (Å²) >= 11 is 0. The number of rotatable bonds is 77. The van der Waals surface area contributed by atoms with Crippen LogP contribution in [0.5, 0.6) is 0 Å². The van der Waals surface area contributed by atoms with Crippen LogP contribution in [0.2, 0.25) is 0 Å². The first-order chi connectivity index (χ1) is 46.9. The number of ether oxygens (including phenoxy) is 4. The number of phosphoric ester groups is 2. The fourth-order valence-corrected chi connectivity index (χ4v) is 13.6. The molecule has 0 heterocycles. The van der Waals surface area contributed by atoms with Crippen molar-refractivity contribution in [3.8, 4) is 0 Å². The average Bonchev–Trinajstić information content (AvgIpc) is 1.01. The Morgan fingerprint density at radius 3 is 0.701 bits per heavy atom. The highest BCUT2D eigenvalue weighted by Gasteiger charge is 2.30. The van der Waals surface area contributed by atoms with Crippen molar-refractivity contribution in [2.75, 3.05) is 39.6 Å². The molecule has 5 atom stereocenters. The number of hydrogen-bond donors (Lipinski definition) is 3. The first kappa shape index (κ1) is 95.1. The van der Waals surface area contributed by atoms with Crippen LogP contribution in [0, 0.1) is 11.8 Å². The lowest BCUT2D eigenvalue weighted by molar-refractivity contribution is -0.161. The average molecular weight is 1420 g/mol. The van der Waals surface area contributed by atoms with Gasteiger partial charge in [0, 0.05) is 25.7 Å². The molecular formula is C78H152O17P2. The van der Waals surface area contributed by atoms with Crippen molar-refractivity contribution in [1.82, 2.24) is 0 Å². The van der Waals surface area contributed by atoms with Crippen LogP contribution in [0.1, 0.15) is 408 Å². The van der Waals surface area contributed by atoms with Crippen molar-refractivity contribution in [3.63, 3.8) is 0 Å². The standard InChI is InChI=1S/C78H152O17P2/c1-7-9-11-13-15-17-19-20-21-22-23-24-32-38-44-50-56-62-77(82)94-74(67-89-76(81)61-55-49-43-37-31-26-25-29-34-40-46-52-58-70(3)4)69-93-97(86,87)91-65-72(79)64-90-96(84,85)92-68-73(66-88-75(80)60-54-48-42-36-28-18-16-14-12-10-8-2)95-78(83)63-57-51-45-39-33-27-30-35-41-47-53-59-71(5)6/h70-74,79H,7-69H2,1-6H3,(H,84,85)(H,86,87)/t72-,73+,74+/m0/s1. The molecule has 0 aliphatic heterocycles. The molecular weight excluding hydrogens is 1270 g/mol. The second-order valence-electron chi connectivity index (χ2n) is 29.1. The molecule has 0 aromatic heterocycles. The lowest BCUT2D eigenvalue weighted by Crippen LogP contribution is -2.30. The Morgan fingerprint density at radius 1 is 0.278 bits per heavy atom. The van der Waals surface area contributed by atoms with E-state index >= 15 is 0 Å². The van der Waals surface area contributed by atoms with Gasteiger partial charge in [-0.3, -0.25) is 37.3 Å². The summed E-state index contributed by atoms with van der Waals surface area (Å²) in [6.45, 7) is 9.63. The van der Waals surface area contributed by atoms with Crippen LogP contribution >= 0.6 is 15.6 Å². The van der Waals surface area contributed by atoms with Crippen molar-refractivity contribution < 1.29 is 80.2 Å². The molecule has 3 N–H and O–H groups in total. The number of aliphatic hydroxyl groups excluding tert-OH is 1. The van der Waals surface area contributed by atoms with Gasteiger partial charge >= 0.3 is 39.5 Å². The Balaban J connectivity index is 5.26. The first-order valence-corrected chi connectivity index (χ1v) is 43.5. The molecule has 0 radical (unpaired) electrons. The number of carbonyl (C=O) groups is 4. The number of esters is 4. The van der Waals surface area contributed by atoms with Gasteiger partial charge in [-0.05, 0) is 37.5 Å². The van der Waals surface area contributed by atoms with E-state index < -0.39 is 97.5 Å². The van der Waals surface area contributed by atoms with E-state index in [1.807, 2.05) is 0 Å². The maximum atomic E-state index is 13.1. The van der Waals surface area contributed by atoms with Crippen LogP contribution in [0.4, 0.5) is 0 Å². The van der Waals surface area contributed by atoms with Crippen molar-refractivity contribution in [3.05, 3.63) is 0 Å². The molecule has 0 bridgehead atoms. The zero-order valence-electron chi connectivity index (χ0n) is 63.4. The number of hydrogen-bond acceptors (Lipinski definition) is 15. The topological polar surface area (TPSA) is 237 Å². The molecule has 0 amide bonds. The molecule has 97 heavy (non-hydrogen) atoms. The maximum Gasteiger partial charge on any atom is 0.472 e. The van der Waals surface area contributed by atoms with E-state index in [1.54, 1.807) is 0 Å². The fraction of sp³-hybridized carbons (Fsp3) is 0.949. The molecule has 0 aliphatic carbocycles. The van der Waals surface area contributed by atoms with Gasteiger partial charge in [-0.2, -0.15) is 0 Å². The lowest BCUT2D eigenvalue weighted by atomic mass is 10.0. The van der Waals surface area contributed by atoms with Gasteiger partial charge in [0.05, 0.1) is 26.4 Å². The molecule has 2 unspecified atom stereocenters. The fourth-order valence-electron chi connectivity index (χ4n) is 12.0. The smallest absolute Gasteiger partial charge is 0.462 e. The van der Waals surface area contributed by atoms with Crippen LogP contribution in [0.25, 0.3) is 0 Å². The zero-order valence-corrected chi connectivity index (χ0v) is 65.2. The van der Waals surface area contributed by atoms with Crippen LogP contribution < -0.4 is 0 Å². The van der Waals surface area contributed by atoms with Gasteiger partial charge in [0.2, 0.25) is 0 Å². The molecule has 0 spiro atoms. The van der Waals surface area contributed by atoms with E-state index in [9.17, 15) is 43.2 Å². The monoisotopic (exact) mass is 1420 g/mol. The van der Waals surface area contributed by atoms with Crippen LogP contribution in [-0.2, 0) is 65.4 Å². The van der Waals surface area contributed by atoms with Gasteiger partial charge < -0.3 is 33.8 Å². The normalized spacial score (nSPS) is 14.0. The minimum absolute atomic E-state index is 0.107. The van der Waals surface area contributed by atoms with Crippen molar-refractivity contribution in [2.24, 2.45) is 11.8 Å². The Bertz CT molecular complexity index is 1870. The molecule has 0 aromatic carbocycles. The lowest BCUT2D eigenvalue weighted by Gasteiger charge is -2.21. The third kappa shape index (κ3) is 72.2. The predicted molar refractivity (Wildman–Crippen MR) is 395 cm³/mol. The van der Waals surface area contributed by atoms with Gasteiger partial charge in [0.1, 0.15) is 19.3 Å². The summed E-state index contributed by atoms with van der Waals surface area (Å²) in [5, 5.41) is 10.6. The number of aliphatic hydroxyl groups is 1. The molecule has 0 aromatic rings. The summed E-state index contributed by atoms with van der Waals surface area (Å²) in [5.74, 6) is -0.563. The second kappa shape index (κ2) is 69.8. The molecule has 17 nitrogen and oxygen atoms in total. The molecule has 0 saturated carbocycles. The van der Waals surface area contributed by atoms with E-state index in [0.717, 1.165) is 102 Å². The highest BCUT2D eigenvalue weighted by molar-refractivity contribution is 7.47. The highest BCUT2D eigenvalue weighted by Crippen LogP contribution is 2.45. The van der Waals surface area contributed by atoms with Crippen molar-refractivity contribution >= 4 is 39.5 Å². The molecule has 19 heteroatoms. The third-order valence-electron chi connectivity index (χ3n) is 18.2. The van der Waals surface area contributed by atoms with Gasteiger partial charge in [-0.25, -0.2) is 9.13 Å². The second-order valence-corrected chi connectivity index (χ2v) is 32.0. The molecule has 0 aliphatic rings. The van der Waals surface area contributed by atoms with E-state index in [1.165, 1.54) is 225 Å². The van der Waals surface area contributed by atoms with Gasteiger partial charge in [0.25, 0.3) is 0 Å². The number of carbonyl (C=O) groups excluding carboxylic acids is 4. The van der Waals surface area contributed by atoms with E-state index in [-0.39, 0.29) is 25.7 Å². The van der Waals surface area contributed by atoms with Crippen molar-refractivity contribution in [2.45, 2.75) is 426 Å². The van der Waals surface area contributed by atoms with Crippen LogP contribution in [0.15, 0.2) is 0 Å². The van der Waals surface area contributed by atoms with Crippen molar-refractivity contribution in [1.29, 1.82) is 0 Å². The Labute approximate surface area is 594 Å². The van der Waals surface area contributed by atoms with Gasteiger partial charge in [-0.1, -0.05) is 356 Å². The molecule has 576 valence electrons. The third-order valence-corrected chi connectivity index (χ3v) is 20.1. The summed E-state index contributed by atoms with van der Waals surface area (Å²) in [7, 11) is -9.91. The Morgan fingerprint density at radius 2 is 0.474 bits per heavy atom. The van der Waals surface area contributed by atoms with E-state index in [4.69, 9.17) is 37.0 Å². The highest BCUT2D eigenvalue weighted by atomic mass is 31.2. The summed E-state index contributed by atoms with van der Waals surface area (Å²) < 4.78 is 68.6. The summed E-state index contributed by atoms with van der Waals surface area (Å²) in [6, 6.07) is 0. The summed E-state index contributed by atoms with van der Waals surface area (Å²) in [5.41, 5.74) is 0. The molecule has 0 saturated heterocycles. The maximum absolute atomic E-state index is 13.1. The number of phosphoric acid groups is 2. The van der Waals surface area contributed by atoms with Crippen LogP contribution in [-0.4, -0.2) is 96.7 Å². The van der Waals surface area contributed by atoms with E-state index in [0.29, 0.717) is 25.7 Å². The molecule has 0 rings (SSSR count). The molecule has 0 fully saturated rings. The summed E-state index contributed by atoms with van der Waals surface area (Å²) in [4.78, 5) is 72.9. The predicted octanol–water partition coefficient (Wildman–Crippen LogP) is 23.1. The SMILES string of the molecule is CCCCCCCCCCCCCCCCCCCC(=O)O[C@H](COC(=O)CCCCCCCCCCCCCCC(C)C)COP(=O)(O)OC[C@@H](O)COP(=O)(O)OC[C@@H](COC(=O)CCCCCCCCCCCCC)OC(=O)CCCCCCCCCCCCCC(C)C. The zero-order chi connectivity index (χ0) is 71.4. The minimum Gasteiger partial charge on any atom is -0.462 e. The Kier molecular flexibility index (Phi) is 68.4. The summed E-state index contributed by atoms with van der Waals surface area (Å²) in [6.07, 6.45) is 58.1. The Hall–Kier alpha value is -1.94. The van der Waals surface area contributed by atoms with Gasteiger partial charge in [0.15, 0.2) is 12.2 Å².